The van der Waals surface area contributed by atoms with E-state index in [4.69, 9.17) is 0 Å². The van der Waals surface area contributed by atoms with Crippen LogP contribution in [0.1, 0.15) is 39.8 Å². The van der Waals surface area contributed by atoms with Gasteiger partial charge in [0, 0.05) is 37.4 Å². The molecule has 1 amide bonds. The van der Waals surface area contributed by atoms with E-state index in [-0.39, 0.29) is 5.91 Å². The number of aromatic nitrogens is 3. The molecule has 1 aromatic carbocycles. The first kappa shape index (κ1) is 20.5. The molecular weight excluding hydrogens is 362 g/mol. The van der Waals surface area contributed by atoms with Crippen molar-refractivity contribution in [2.75, 3.05) is 18.9 Å². The lowest BCUT2D eigenvalue weighted by Crippen LogP contribution is -2.30. The molecule has 0 aliphatic rings. The number of benzene rings is 1. The van der Waals surface area contributed by atoms with E-state index in [1.807, 2.05) is 25.1 Å². The molecule has 6 heteroatoms. The number of nitrogens with one attached hydrogen (secondary N) is 1. The van der Waals surface area contributed by atoms with E-state index in [0.717, 1.165) is 35.3 Å². The maximum atomic E-state index is 12.9. The second kappa shape index (κ2) is 9.28. The van der Waals surface area contributed by atoms with Crippen LogP contribution in [0.4, 0.5) is 11.6 Å². The van der Waals surface area contributed by atoms with Crippen molar-refractivity contribution in [3.8, 4) is 0 Å². The molecule has 0 bridgehead atoms. The molecule has 0 fully saturated rings. The average molecular weight is 390 g/mol. The van der Waals surface area contributed by atoms with Gasteiger partial charge >= 0.3 is 0 Å². The Morgan fingerprint density at radius 3 is 2.59 bits per heavy atom. The second-order valence-electron chi connectivity index (χ2n) is 7.14. The highest BCUT2D eigenvalue weighted by Crippen LogP contribution is 2.24. The van der Waals surface area contributed by atoms with Crippen LogP contribution in [0.5, 0.6) is 0 Å². The van der Waals surface area contributed by atoms with Crippen molar-refractivity contribution in [2.45, 2.75) is 33.6 Å². The molecule has 0 radical (unpaired) electrons. The SMILES string of the molecule is CCc1cccc(C)c1Nc1nc(C)cc(C(=O)N(C)CCc2ccncc2)n1. The number of carbonyl (C=O) groups is 1. The van der Waals surface area contributed by atoms with Crippen molar-refractivity contribution in [3.05, 3.63) is 76.9 Å². The molecule has 0 saturated carbocycles. The number of anilines is 2. The van der Waals surface area contributed by atoms with Crippen molar-refractivity contribution < 1.29 is 4.79 Å². The normalized spacial score (nSPS) is 10.6. The molecule has 3 aromatic rings. The summed E-state index contributed by atoms with van der Waals surface area (Å²) in [5.41, 5.74) is 5.61. The molecule has 0 aliphatic carbocycles. The Balaban J connectivity index is 1.77. The number of hydrogen-bond donors (Lipinski definition) is 1. The van der Waals surface area contributed by atoms with Gasteiger partial charge in [0.05, 0.1) is 0 Å². The average Bonchev–Trinajstić information content (AvgIpc) is 2.73. The standard InChI is InChI=1S/C23H27N5O/c1-5-19-8-6-7-16(2)21(19)27-23-25-17(3)15-20(26-23)22(29)28(4)14-11-18-9-12-24-13-10-18/h6-10,12-13,15H,5,11,14H2,1-4H3,(H,25,26,27). The number of aryl methyl sites for hydroxylation is 3. The molecule has 0 spiro atoms. The fraction of sp³-hybridized carbons (Fsp3) is 0.304. The van der Waals surface area contributed by atoms with Crippen molar-refractivity contribution in [1.82, 2.24) is 19.9 Å². The number of para-hydroxylation sites is 1. The summed E-state index contributed by atoms with van der Waals surface area (Å²) in [6.07, 6.45) is 5.19. The highest BCUT2D eigenvalue weighted by molar-refractivity contribution is 5.92. The Labute approximate surface area is 172 Å². The Hall–Kier alpha value is -3.28. The zero-order chi connectivity index (χ0) is 20.8. The number of nitrogens with zero attached hydrogens (tertiary/aromatic N) is 4. The third kappa shape index (κ3) is 5.16. The van der Waals surface area contributed by atoms with Crippen LogP contribution in [0.3, 0.4) is 0 Å². The number of carbonyl (C=O) groups excluding carboxylic acids is 1. The minimum absolute atomic E-state index is 0.117. The van der Waals surface area contributed by atoms with E-state index in [1.54, 1.807) is 30.4 Å². The first-order valence-electron chi connectivity index (χ1n) is 9.83. The Morgan fingerprint density at radius 2 is 1.86 bits per heavy atom. The van der Waals surface area contributed by atoms with Gasteiger partial charge < -0.3 is 10.2 Å². The first-order valence-corrected chi connectivity index (χ1v) is 9.83. The van der Waals surface area contributed by atoms with Gasteiger partial charge in [0.2, 0.25) is 5.95 Å². The molecule has 29 heavy (non-hydrogen) atoms. The van der Waals surface area contributed by atoms with Gasteiger partial charge in [-0.15, -0.1) is 0 Å². The van der Waals surface area contributed by atoms with Crippen LogP contribution in [-0.2, 0) is 12.8 Å². The molecule has 6 nitrogen and oxygen atoms in total. The van der Waals surface area contributed by atoms with Crippen LogP contribution in [0.25, 0.3) is 0 Å². The molecule has 150 valence electrons. The molecule has 3 rings (SSSR count). The number of rotatable bonds is 7. The molecule has 2 heterocycles. The Kier molecular flexibility index (Phi) is 6.54. The predicted octanol–water partition coefficient (Wildman–Crippen LogP) is 4.11. The van der Waals surface area contributed by atoms with Crippen molar-refractivity contribution >= 4 is 17.5 Å². The number of pyridine rings is 1. The van der Waals surface area contributed by atoms with Gasteiger partial charge in [-0.3, -0.25) is 9.78 Å². The topological polar surface area (TPSA) is 71.0 Å². The number of likely N-dealkylation sites (N-methyl/N-ethyl adjacent to an activating group) is 1. The number of hydrogen-bond acceptors (Lipinski definition) is 5. The molecule has 0 atom stereocenters. The molecule has 2 aromatic heterocycles. The van der Waals surface area contributed by atoms with E-state index in [0.29, 0.717) is 18.2 Å². The summed E-state index contributed by atoms with van der Waals surface area (Å²) >= 11 is 0. The van der Waals surface area contributed by atoms with E-state index in [2.05, 4.69) is 46.2 Å². The Bertz CT molecular complexity index is 988. The number of amides is 1. The first-order chi connectivity index (χ1) is 14.0. The van der Waals surface area contributed by atoms with Gasteiger partial charge in [-0.1, -0.05) is 25.1 Å². The van der Waals surface area contributed by atoms with E-state index >= 15 is 0 Å². The minimum Gasteiger partial charge on any atom is -0.340 e. The molecule has 0 saturated heterocycles. The zero-order valence-electron chi connectivity index (χ0n) is 17.4. The fourth-order valence-electron chi connectivity index (χ4n) is 3.19. The third-order valence-electron chi connectivity index (χ3n) is 4.88. The summed E-state index contributed by atoms with van der Waals surface area (Å²) < 4.78 is 0. The van der Waals surface area contributed by atoms with E-state index in [1.165, 1.54) is 5.56 Å². The van der Waals surface area contributed by atoms with Gasteiger partial charge in [-0.2, -0.15) is 0 Å². The van der Waals surface area contributed by atoms with Gasteiger partial charge in [-0.25, -0.2) is 9.97 Å². The van der Waals surface area contributed by atoms with Gasteiger partial charge in [0.1, 0.15) is 5.69 Å². The maximum Gasteiger partial charge on any atom is 0.272 e. The lowest BCUT2D eigenvalue weighted by Gasteiger charge is -2.18. The lowest BCUT2D eigenvalue weighted by molar-refractivity contribution is 0.0790. The van der Waals surface area contributed by atoms with E-state index < -0.39 is 0 Å². The van der Waals surface area contributed by atoms with Crippen molar-refractivity contribution in [1.29, 1.82) is 0 Å². The molecule has 1 N–H and O–H groups in total. The van der Waals surface area contributed by atoms with Crippen LogP contribution in [0.2, 0.25) is 0 Å². The largest absolute Gasteiger partial charge is 0.340 e. The fourth-order valence-corrected chi connectivity index (χ4v) is 3.19. The van der Waals surface area contributed by atoms with Gasteiger partial charge in [0.15, 0.2) is 0 Å². The minimum atomic E-state index is -0.117. The van der Waals surface area contributed by atoms with Crippen LogP contribution in [0, 0.1) is 13.8 Å². The quantitative estimate of drug-likeness (QED) is 0.658. The van der Waals surface area contributed by atoms with Gasteiger partial charge in [-0.05, 0) is 61.6 Å². The predicted molar refractivity (Wildman–Crippen MR) is 116 cm³/mol. The van der Waals surface area contributed by atoms with Crippen LogP contribution < -0.4 is 5.32 Å². The lowest BCUT2D eigenvalue weighted by atomic mass is 10.1. The summed E-state index contributed by atoms with van der Waals surface area (Å²) in [7, 11) is 1.80. The smallest absolute Gasteiger partial charge is 0.272 e. The highest BCUT2D eigenvalue weighted by atomic mass is 16.2. The van der Waals surface area contributed by atoms with Crippen LogP contribution >= 0.6 is 0 Å². The second-order valence-corrected chi connectivity index (χ2v) is 7.14. The molecular formula is C23H27N5O. The molecule has 0 aliphatic heterocycles. The maximum absolute atomic E-state index is 12.9. The highest BCUT2D eigenvalue weighted by Gasteiger charge is 2.16. The van der Waals surface area contributed by atoms with Crippen molar-refractivity contribution in [3.63, 3.8) is 0 Å². The van der Waals surface area contributed by atoms with Crippen LogP contribution in [0.15, 0.2) is 48.8 Å². The Morgan fingerprint density at radius 1 is 1.10 bits per heavy atom. The molecule has 0 unspecified atom stereocenters. The van der Waals surface area contributed by atoms with Crippen molar-refractivity contribution in [2.24, 2.45) is 0 Å². The summed E-state index contributed by atoms with van der Waals surface area (Å²) in [6.45, 7) is 6.64. The monoisotopic (exact) mass is 389 g/mol. The summed E-state index contributed by atoms with van der Waals surface area (Å²) in [5.74, 6) is 0.327. The van der Waals surface area contributed by atoms with Gasteiger partial charge in [0.25, 0.3) is 5.91 Å². The summed E-state index contributed by atoms with van der Waals surface area (Å²) in [5, 5.41) is 3.32. The van der Waals surface area contributed by atoms with Crippen LogP contribution in [-0.4, -0.2) is 39.4 Å². The summed E-state index contributed by atoms with van der Waals surface area (Å²) in [4.78, 5) is 27.6. The zero-order valence-corrected chi connectivity index (χ0v) is 17.4. The van der Waals surface area contributed by atoms with E-state index in [9.17, 15) is 4.79 Å². The third-order valence-corrected chi connectivity index (χ3v) is 4.88. The summed E-state index contributed by atoms with van der Waals surface area (Å²) in [6, 6.07) is 11.8.